The fourth-order valence-electron chi connectivity index (χ4n) is 4.36. The number of nitrogens with one attached hydrogen (secondary N) is 3. The molecule has 0 spiro atoms. The van der Waals surface area contributed by atoms with Gasteiger partial charge in [-0.05, 0) is 69.0 Å². The maximum Gasteiger partial charge on any atom is 0.255 e. The van der Waals surface area contributed by atoms with Crippen LogP contribution in [0.25, 0.3) is 10.9 Å². The topological polar surface area (TPSA) is 119 Å². The minimum absolute atomic E-state index is 0.144. The Kier molecular flexibility index (Phi) is 9.64. The van der Waals surface area contributed by atoms with Gasteiger partial charge in [-0.3, -0.25) is 14.4 Å². The predicted octanol–water partition coefficient (Wildman–Crippen LogP) is 3.55. The second kappa shape index (κ2) is 13.3. The maximum absolute atomic E-state index is 12.9. The normalized spacial score (nSPS) is 16.7. The zero-order valence-electron chi connectivity index (χ0n) is 22.5. The molecule has 3 aromatic rings. The number of thioether (sulfide) groups is 1. The van der Waals surface area contributed by atoms with Gasteiger partial charge in [0.1, 0.15) is 24.1 Å². The standard InChI is InChI=1S/C29H34N4O5S/c1-18-7-10-23-22(14-18)19(2)15-27(33-23)39-17-26(34)32-24-6-4-5-11-30-28(35)21-9-8-20(37-3)16-25(21)38-13-12-31-29(24)36/h7-10,14-16,24H,4-6,11-13,17H2,1-3H3,(H,30,35)(H,31,36)(H,32,34)/t24-/m0/s1. The molecule has 1 aromatic heterocycles. The van der Waals surface area contributed by atoms with Crippen molar-refractivity contribution < 1.29 is 23.9 Å². The monoisotopic (exact) mass is 550 g/mol. The summed E-state index contributed by atoms with van der Waals surface area (Å²) in [6.07, 6.45) is 1.77. The molecule has 39 heavy (non-hydrogen) atoms. The average molecular weight is 551 g/mol. The van der Waals surface area contributed by atoms with Crippen LogP contribution in [0.4, 0.5) is 0 Å². The Morgan fingerprint density at radius 2 is 1.95 bits per heavy atom. The number of amides is 3. The van der Waals surface area contributed by atoms with E-state index in [2.05, 4.69) is 27.0 Å². The van der Waals surface area contributed by atoms with Crippen molar-refractivity contribution in [1.82, 2.24) is 20.9 Å². The fourth-order valence-corrected chi connectivity index (χ4v) is 5.15. The Bertz CT molecular complexity index is 1360. The quantitative estimate of drug-likeness (QED) is 0.416. The summed E-state index contributed by atoms with van der Waals surface area (Å²) < 4.78 is 11.0. The minimum atomic E-state index is -0.682. The molecule has 9 nitrogen and oxygen atoms in total. The van der Waals surface area contributed by atoms with E-state index in [9.17, 15) is 14.4 Å². The van der Waals surface area contributed by atoms with Crippen molar-refractivity contribution in [3.63, 3.8) is 0 Å². The van der Waals surface area contributed by atoms with Crippen LogP contribution >= 0.6 is 11.8 Å². The Labute approximate surface area is 232 Å². The molecule has 0 unspecified atom stereocenters. The lowest BCUT2D eigenvalue weighted by Gasteiger charge is -2.20. The summed E-state index contributed by atoms with van der Waals surface area (Å²) in [5.41, 5.74) is 3.58. The number of aromatic nitrogens is 1. The molecular weight excluding hydrogens is 516 g/mol. The third-order valence-electron chi connectivity index (χ3n) is 6.45. The van der Waals surface area contributed by atoms with Gasteiger partial charge in [-0.15, -0.1) is 0 Å². The lowest BCUT2D eigenvalue weighted by Crippen LogP contribution is -2.48. The van der Waals surface area contributed by atoms with Crippen molar-refractivity contribution in [2.45, 2.75) is 44.2 Å². The Hall–Kier alpha value is -3.79. The fraction of sp³-hybridized carbons (Fsp3) is 0.379. The molecule has 0 aliphatic carbocycles. The second-order valence-electron chi connectivity index (χ2n) is 9.46. The SMILES string of the molecule is COc1ccc2c(c1)OCCNC(=O)[C@@H](NC(=O)CSc1cc(C)c3cc(C)ccc3n1)CCCCNC2=O. The van der Waals surface area contributed by atoms with Crippen LogP contribution in [0.15, 0.2) is 47.5 Å². The highest BCUT2D eigenvalue weighted by Crippen LogP contribution is 2.26. The number of fused-ring (bicyclic) bond motifs is 2. The van der Waals surface area contributed by atoms with Crippen molar-refractivity contribution >= 4 is 40.4 Å². The van der Waals surface area contributed by atoms with Crippen LogP contribution in [-0.4, -0.2) is 61.3 Å². The maximum atomic E-state index is 12.9. The summed E-state index contributed by atoms with van der Waals surface area (Å²) in [6.45, 7) is 4.90. The minimum Gasteiger partial charge on any atom is -0.497 e. The number of pyridine rings is 1. The first-order valence-electron chi connectivity index (χ1n) is 13.0. The predicted molar refractivity (Wildman–Crippen MR) is 152 cm³/mol. The molecule has 3 N–H and O–H groups in total. The lowest BCUT2D eigenvalue weighted by molar-refractivity contribution is -0.128. The van der Waals surface area contributed by atoms with Crippen molar-refractivity contribution in [2.75, 3.05) is 32.6 Å². The summed E-state index contributed by atoms with van der Waals surface area (Å²) >= 11 is 1.34. The molecule has 0 bridgehead atoms. The number of hydrogen-bond donors (Lipinski definition) is 3. The molecule has 4 rings (SSSR count). The van der Waals surface area contributed by atoms with Gasteiger partial charge in [0.15, 0.2) is 0 Å². The van der Waals surface area contributed by atoms with E-state index < -0.39 is 6.04 Å². The molecule has 0 saturated carbocycles. The summed E-state index contributed by atoms with van der Waals surface area (Å²) in [5, 5.41) is 10.5. The Balaban J connectivity index is 1.36. The van der Waals surface area contributed by atoms with Gasteiger partial charge in [0.2, 0.25) is 11.8 Å². The Morgan fingerprint density at radius 1 is 1.10 bits per heavy atom. The van der Waals surface area contributed by atoms with Crippen LogP contribution in [-0.2, 0) is 9.59 Å². The first-order valence-corrected chi connectivity index (χ1v) is 14.0. The van der Waals surface area contributed by atoms with E-state index in [0.29, 0.717) is 42.9 Å². The molecule has 1 aliphatic rings. The number of rotatable bonds is 5. The van der Waals surface area contributed by atoms with Crippen LogP contribution < -0.4 is 25.4 Å². The number of benzene rings is 2. The highest BCUT2D eigenvalue weighted by molar-refractivity contribution is 7.99. The summed E-state index contributed by atoms with van der Waals surface area (Å²) in [7, 11) is 1.54. The molecule has 0 saturated heterocycles. The van der Waals surface area contributed by atoms with Crippen molar-refractivity contribution in [3.8, 4) is 11.5 Å². The third kappa shape index (κ3) is 7.63. The summed E-state index contributed by atoms with van der Waals surface area (Å²) in [6, 6.07) is 12.4. The van der Waals surface area contributed by atoms with Gasteiger partial charge < -0.3 is 25.4 Å². The van der Waals surface area contributed by atoms with Gasteiger partial charge in [-0.25, -0.2) is 4.98 Å². The summed E-state index contributed by atoms with van der Waals surface area (Å²) in [4.78, 5) is 43.1. The van der Waals surface area contributed by atoms with Gasteiger partial charge in [0.25, 0.3) is 5.91 Å². The zero-order chi connectivity index (χ0) is 27.8. The van der Waals surface area contributed by atoms with Gasteiger partial charge in [0.05, 0.1) is 35.5 Å². The van der Waals surface area contributed by atoms with E-state index >= 15 is 0 Å². The highest BCUT2D eigenvalue weighted by atomic mass is 32.2. The number of aryl methyl sites for hydroxylation is 2. The molecule has 3 amide bonds. The van der Waals surface area contributed by atoms with Crippen LogP contribution in [0.5, 0.6) is 11.5 Å². The number of hydrogen-bond acceptors (Lipinski definition) is 7. The lowest BCUT2D eigenvalue weighted by atomic mass is 10.1. The molecule has 2 aromatic carbocycles. The zero-order valence-corrected chi connectivity index (χ0v) is 23.3. The molecule has 0 radical (unpaired) electrons. The van der Waals surface area contributed by atoms with E-state index in [0.717, 1.165) is 21.5 Å². The number of nitrogens with zero attached hydrogens (tertiary/aromatic N) is 1. The van der Waals surface area contributed by atoms with E-state index in [4.69, 9.17) is 9.47 Å². The first kappa shape index (κ1) is 28.2. The van der Waals surface area contributed by atoms with Gasteiger partial charge >= 0.3 is 0 Å². The molecule has 10 heteroatoms. The third-order valence-corrected chi connectivity index (χ3v) is 7.36. The van der Waals surface area contributed by atoms with Crippen molar-refractivity contribution in [3.05, 3.63) is 59.2 Å². The molecule has 0 fully saturated rings. The van der Waals surface area contributed by atoms with Crippen molar-refractivity contribution in [2.24, 2.45) is 0 Å². The van der Waals surface area contributed by atoms with Crippen LogP contribution in [0.3, 0.4) is 0 Å². The van der Waals surface area contributed by atoms with Gasteiger partial charge in [0, 0.05) is 18.0 Å². The van der Waals surface area contributed by atoms with Crippen LogP contribution in [0.2, 0.25) is 0 Å². The molecule has 206 valence electrons. The Morgan fingerprint density at radius 3 is 2.77 bits per heavy atom. The number of methoxy groups -OCH3 is 1. The number of carbonyl (C=O) groups is 3. The number of carbonyl (C=O) groups excluding carboxylic acids is 3. The average Bonchev–Trinajstić information content (AvgIpc) is 2.93. The van der Waals surface area contributed by atoms with E-state index in [1.807, 2.05) is 32.0 Å². The van der Waals surface area contributed by atoms with E-state index in [1.54, 1.807) is 18.2 Å². The molecule has 1 atom stereocenters. The second-order valence-corrected chi connectivity index (χ2v) is 10.5. The molecule has 2 heterocycles. The smallest absolute Gasteiger partial charge is 0.255 e. The summed E-state index contributed by atoms with van der Waals surface area (Å²) in [5.74, 6) is 0.354. The first-order chi connectivity index (χ1) is 18.8. The van der Waals surface area contributed by atoms with Crippen molar-refractivity contribution in [1.29, 1.82) is 0 Å². The highest BCUT2D eigenvalue weighted by Gasteiger charge is 2.21. The van der Waals surface area contributed by atoms with Gasteiger partial charge in [-0.1, -0.05) is 23.4 Å². The van der Waals surface area contributed by atoms with Crippen LogP contribution in [0.1, 0.15) is 40.7 Å². The number of ether oxygens (including phenoxy) is 2. The van der Waals surface area contributed by atoms with Gasteiger partial charge in [-0.2, -0.15) is 0 Å². The largest absolute Gasteiger partial charge is 0.497 e. The molecule has 1 aliphatic heterocycles. The van der Waals surface area contributed by atoms with Crippen LogP contribution in [0, 0.1) is 13.8 Å². The molecular formula is C29H34N4O5S. The van der Waals surface area contributed by atoms with E-state index in [1.165, 1.54) is 24.4 Å². The van der Waals surface area contributed by atoms with E-state index in [-0.39, 0.29) is 36.6 Å².